The Morgan fingerprint density at radius 1 is 1.50 bits per heavy atom. The molecule has 5 heteroatoms. The lowest BCUT2D eigenvalue weighted by Gasteiger charge is -2.30. The zero-order valence-corrected chi connectivity index (χ0v) is 12.4. The molecule has 3 nitrogen and oxygen atoms in total. The Hall–Kier alpha value is -0.780. The lowest BCUT2D eigenvalue weighted by Crippen LogP contribution is -2.30. The van der Waals surface area contributed by atoms with Gasteiger partial charge < -0.3 is 9.72 Å². The van der Waals surface area contributed by atoms with E-state index in [-0.39, 0.29) is 5.60 Å². The molecular formula is C13H16N2OS2. The first-order chi connectivity index (χ1) is 8.50. The second-order valence-corrected chi connectivity index (χ2v) is 6.77. The van der Waals surface area contributed by atoms with Gasteiger partial charge in [-0.1, -0.05) is 19.1 Å². The first-order valence-electron chi connectivity index (χ1n) is 6.17. The molecule has 0 fully saturated rings. The Balaban J connectivity index is 2.27. The number of ether oxygens (including phenoxy) is 1. The van der Waals surface area contributed by atoms with Crippen LogP contribution in [0, 0.1) is 4.64 Å². The number of hydrogen-bond donors (Lipinski definition) is 1. The van der Waals surface area contributed by atoms with E-state index in [9.17, 15) is 0 Å². The minimum atomic E-state index is -0.105. The number of nitrogens with zero attached hydrogens (tertiary/aromatic N) is 1. The van der Waals surface area contributed by atoms with Gasteiger partial charge in [0.15, 0.2) is 0 Å². The third-order valence-corrected chi connectivity index (χ3v) is 4.73. The Kier molecular flexibility index (Phi) is 2.80. The normalized spacial score (nSPS) is 17.9. The molecule has 1 N–H and O–H groups in total. The average molecular weight is 280 g/mol. The minimum Gasteiger partial charge on any atom is -0.370 e. The number of rotatable bonds is 1. The Labute approximate surface area is 115 Å². The molecule has 0 saturated heterocycles. The summed E-state index contributed by atoms with van der Waals surface area (Å²) in [4.78, 5) is 10.2. The van der Waals surface area contributed by atoms with Crippen molar-refractivity contribution >= 4 is 33.8 Å². The van der Waals surface area contributed by atoms with Gasteiger partial charge in [0.25, 0.3) is 0 Å². The summed E-state index contributed by atoms with van der Waals surface area (Å²) in [6.45, 7) is 7.01. The zero-order chi connectivity index (χ0) is 12.9. The fraction of sp³-hybridized carbons (Fsp3) is 0.538. The highest BCUT2D eigenvalue weighted by molar-refractivity contribution is 7.71. The Bertz CT molecular complexity index is 669. The van der Waals surface area contributed by atoms with Crippen molar-refractivity contribution in [3.63, 3.8) is 0 Å². The maximum absolute atomic E-state index is 5.86. The van der Waals surface area contributed by atoms with Crippen LogP contribution < -0.4 is 0 Å². The summed E-state index contributed by atoms with van der Waals surface area (Å²) < 4.78 is 6.68. The predicted molar refractivity (Wildman–Crippen MR) is 76.8 cm³/mol. The summed E-state index contributed by atoms with van der Waals surface area (Å²) in [6.07, 6.45) is 1.79. The topological polar surface area (TPSA) is 37.9 Å². The van der Waals surface area contributed by atoms with Crippen molar-refractivity contribution in [3.8, 4) is 0 Å². The van der Waals surface area contributed by atoms with Crippen molar-refractivity contribution in [2.75, 3.05) is 0 Å². The van der Waals surface area contributed by atoms with E-state index in [0.717, 1.165) is 33.5 Å². The van der Waals surface area contributed by atoms with Crippen molar-refractivity contribution in [1.82, 2.24) is 9.97 Å². The van der Waals surface area contributed by atoms with Gasteiger partial charge in [-0.15, -0.1) is 11.3 Å². The highest BCUT2D eigenvalue weighted by atomic mass is 32.1. The molecule has 3 heterocycles. The SMILES string of the molecule is CCc1nc2sc3c(c2c(=S)[nH]1)CC(C)(C)OC3. The second-order valence-electron chi connectivity index (χ2n) is 5.28. The Morgan fingerprint density at radius 3 is 3.00 bits per heavy atom. The fourth-order valence-electron chi connectivity index (χ4n) is 2.36. The maximum atomic E-state index is 5.86. The van der Waals surface area contributed by atoms with E-state index in [4.69, 9.17) is 17.0 Å². The van der Waals surface area contributed by atoms with Crippen LogP contribution in [-0.4, -0.2) is 15.6 Å². The predicted octanol–water partition coefficient (Wildman–Crippen LogP) is 3.77. The molecule has 0 radical (unpaired) electrons. The van der Waals surface area contributed by atoms with Crippen molar-refractivity contribution < 1.29 is 4.74 Å². The van der Waals surface area contributed by atoms with Crippen LogP contribution in [0.15, 0.2) is 0 Å². The van der Waals surface area contributed by atoms with E-state index >= 15 is 0 Å². The summed E-state index contributed by atoms with van der Waals surface area (Å²) in [7, 11) is 0. The van der Waals surface area contributed by atoms with E-state index in [1.165, 1.54) is 10.4 Å². The van der Waals surface area contributed by atoms with Crippen molar-refractivity contribution in [1.29, 1.82) is 0 Å². The summed E-state index contributed by atoms with van der Waals surface area (Å²) in [5.41, 5.74) is 1.23. The monoisotopic (exact) mass is 280 g/mol. The van der Waals surface area contributed by atoms with Crippen molar-refractivity contribution in [3.05, 3.63) is 20.9 Å². The Morgan fingerprint density at radius 2 is 2.28 bits per heavy atom. The molecule has 0 unspecified atom stereocenters. The number of hydrogen-bond acceptors (Lipinski definition) is 4. The molecule has 0 atom stereocenters. The maximum Gasteiger partial charge on any atom is 0.128 e. The van der Waals surface area contributed by atoms with E-state index in [0.29, 0.717) is 6.61 Å². The third kappa shape index (κ3) is 1.90. The van der Waals surface area contributed by atoms with Crippen molar-refractivity contribution in [2.24, 2.45) is 0 Å². The molecule has 2 aromatic heterocycles. The number of aromatic amines is 1. The molecule has 0 saturated carbocycles. The van der Waals surface area contributed by atoms with Gasteiger partial charge in [0, 0.05) is 23.1 Å². The minimum absolute atomic E-state index is 0.105. The molecule has 18 heavy (non-hydrogen) atoms. The molecule has 1 aliphatic heterocycles. The standard InChI is InChI=1S/C13H16N2OS2/c1-4-9-14-11(17)10-7-5-13(2,3)16-6-8(7)18-12(10)15-9/h4-6H2,1-3H3,(H,14,15,17). The molecule has 0 aromatic carbocycles. The largest absolute Gasteiger partial charge is 0.370 e. The zero-order valence-electron chi connectivity index (χ0n) is 10.8. The van der Waals surface area contributed by atoms with E-state index in [1.807, 2.05) is 0 Å². The smallest absolute Gasteiger partial charge is 0.128 e. The van der Waals surface area contributed by atoms with Gasteiger partial charge in [-0.3, -0.25) is 0 Å². The highest BCUT2D eigenvalue weighted by Crippen LogP contribution is 2.38. The van der Waals surface area contributed by atoms with Crippen LogP contribution in [-0.2, 0) is 24.2 Å². The quantitative estimate of drug-likeness (QED) is 0.808. The molecule has 0 aliphatic carbocycles. The molecule has 96 valence electrons. The number of aryl methyl sites for hydroxylation is 1. The summed E-state index contributed by atoms with van der Waals surface area (Å²) in [5, 5.41) is 1.14. The van der Waals surface area contributed by atoms with Gasteiger partial charge in [0.2, 0.25) is 0 Å². The second kappa shape index (κ2) is 4.11. The molecule has 0 spiro atoms. The van der Waals surface area contributed by atoms with E-state index in [2.05, 4.69) is 30.7 Å². The molecular weight excluding hydrogens is 264 g/mol. The van der Waals surface area contributed by atoms with Gasteiger partial charge >= 0.3 is 0 Å². The lowest BCUT2D eigenvalue weighted by molar-refractivity contribution is -0.0379. The van der Waals surface area contributed by atoms with Gasteiger partial charge in [0.05, 0.1) is 12.2 Å². The van der Waals surface area contributed by atoms with Crippen molar-refractivity contribution in [2.45, 2.75) is 45.8 Å². The van der Waals surface area contributed by atoms with Gasteiger partial charge in [-0.2, -0.15) is 0 Å². The summed E-state index contributed by atoms with van der Waals surface area (Å²) in [6, 6.07) is 0. The number of aromatic nitrogens is 2. The highest BCUT2D eigenvalue weighted by Gasteiger charge is 2.29. The van der Waals surface area contributed by atoms with Gasteiger partial charge in [0.1, 0.15) is 15.3 Å². The summed E-state index contributed by atoms with van der Waals surface area (Å²) >= 11 is 7.21. The number of thiophene rings is 1. The van der Waals surface area contributed by atoms with Crippen LogP contribution in [0.4, 0.5) is 0 Å². The first kappa shape index (κ1) is 12.3. The van der Waals surface area contributed by atoms with Gasteiger partial charge in [-0.25, -0.2) is 4.98 Å². The average Bonchev–Trinajstić information content (AvgIpc) is 2.65. The lowest BCUT2D eigenvalue weighted by atomic mass is 9.95. The van der Waals surface area contributed by atoms with Gasteiger partial charge in [-0.05, 0) is 19.4 Å². The van der Waals surface area contributed by atoms with E-state index < -0.39 is 0 Å². The number of H-pyrrole nitrogens is 1. The molecule has 2 aromatic rings. The molecule has 1 aliphatic rings. The van der Waals surface area contributed by atoms with E-state index in [1.54, 1.807) is 11.3 Å². The van der Waals surface area contributed by atoms with Crippen LogP contribution in [0.1, 0.15) is 37.0 Å². The molecule has 0 bridgehead atoms. The number of fused-ring (bicyclic) bond motifs is 3. The first-order valence-corrected chi connectivity index (χ1v) is 7.40. The molecule has 3 rings (SSSR count). The van der Waals surface area contributed by atoms with Crippen LogP contribution in [0.5, 0.6) is 0 Å². The van der Waals surface area contributed by atoms with Crippen LogP contribution in [0.2, 0.25) is 0 Å². The summed E-state index contributed by atoms with van der Waals surface area (Å²) in [5.74, 6) is 0.964. The van der Waals surface area contributed by atoms with Crippen LogP contribution >= 0.6 is 23.6 Å². The fourth-order valence-corrected chi connectivity index (χ4v) is 3.90. The van der Waals surface area contributed by atoms with Crippen LogP contribution in [0.3, 0.4) is 0 Å². The molecule has 0 amide bonds. The van der Waals surface area contributed by atoms with Crippen LogP contribution in [0.25, 0.3) is 10.2 Å². The third-order valence-electron chi connectivity index (χ3n) is 3.32. The number of nitrogens with one attached hydrogen (secondary N) is 1.